The Kier molecular flexibility index (Phi) is 5.46. The van der Waals surface area contributed by atoms with Crippen molar-refractivity contribution in [3.63, 3.8) is 0 Å². The predicted molar refractivity (Wildman–Crippen MR) is 99.8 cm³/mol. The quantitative estimate of drug-likeness (QED) is 0.786. The molecule has 0 spiro atoms. The average Bonchev–Trinajstić information content (AvgIpc) is 3.13. The van der Waals surface area contributed by atoms with E-state index in [1.807, 2.05) is 31.2 Å². The van der Waals surface area contributed by atoms with Gasteiger partial charge >= 0.3 is 6.03 Å². The number of piperidine rings is 1. The molecular weight excluding hydrogens is 316 g/mol. The summed E-state index contributed by atoms with van der Waals surface area (Å²) < 4.78 is 0. The molecule has 1 aliphatic carbocycles. The number of para-hydroxylation sites is 2. The zero-order valence-corrected chi connectivity index (χ0v) is 15.0. The van der Waals surface area contributed by atoms with Gasteiger partial charge in [0.25, 0.3) is 0 Å². The van der Waals surface area contributed by atoms with Gasteiger partial charge in [-0.3, -0.25) is 4.79 Å². The van der Waals surface area contributed by atoms with E-state index in [0.717, 1.165) is 17.8 Å². The summed E-state index contributed by atoms with van der Waals surface area (Å²) in [6, 6.07) is 7.55. The molecule has 0 radical (unpaired) electrons. The molecular formula is C19H28N4O2. The van der Waals surface area contributed by atoms with Crippen LogP contribution in [0.15, 0.2) is 24.3 Å². The van der Waals surface area contributed by atoms with Crippen molar-refractivity contribution in [1.82, 2.24) is 10.6 Å². The van der Waals surface area contributed by atoms with Gasteiger partial charge in [0.2, 0.25) is 5.91 Å². The predicted octanol–water partition coefficient (Wildman–Crippen LogP) is 2.71. The largest absolute Gasteiger partial charge is 0.370 e. The van der Waals surface area contributed by atoms with Gasteiger partial charge in [-0.25, -0.2) is 4.79 Å². The van der Waals surface area contributed by atoms with Crippen molar-refractivity contribution in [2.45, 2.75) is 51.1 Å². The third-order valence-corrected chi connectivity index (χ3v) is 5.44. The molecule has 3 rings (SSSR count). The minimum absolute atomic E-state index is 0.106. The first kappa shape index (κ1) is 17.6. The van der Waals surface area contributed by atoms with Gasteiger partial charge < -0.3 is 20.9 Å². The highest BCUT2D eigenvalue weighted by Crippen LogP contribution is 2.31. The van der Waals surface area contributed by atoms with Gasteiger partial charge in [0.1, 0.15) is 6.04 Å². The maximum Gasteiger partial charge on any atom is 0.319 e. The Hall–Kier alpha value is -2.24. The molecule has 2 aliphatic rings. The van der Waals surface area contributed by atoms with E-state index >= 15 is 0 Å². The van der Waals surface area contributed by atoms with E-state index < -0.39 is 6.04 Å². The molecule has 1 heterocycles. The molecule has 1 aromatic carbocycles. The van der Waals surface area contributed by atoms with Gasteiger partial charge in [0.15, 0.2) is 0 Å². The third-order valence-electron chi connectivity index (χ3n) is 5.44. The number of hydrogen-bond acceptors (Lipinski definition) is 3. The number of hydrogen-bond donors (Lipinski definition) is 3. The molecule has 1 saturated carbocycles. The van der Waals surface area contributed by atoms with Gasteiger partial charge in [-0.2, -0.15) is 0 Å². The molecule has 3 amide bonds. The first-order chi connectivity index (χ1) is 12.1. The Balaban J connectivity index is 1.68. The summed E-state index contributed by atoms with van der Waals surface area (Å²) in [6.45, 7) is 2.67. The van der Waals surface area contributed by atoms with E-state index in [2.05, 4.69) is 27.9 Å². The number of nitrogens with one attached hydrogen (secondary N) is 3. The van der Waals surface area contributed by atoms with E-state index in [4.69, 9.17) is 0 Å². The summed E-state index contributed by atoms with van der Waals surface area (Å²) >= 11 is 0. The highest BCUT2D eigenvalue weighted by Gasteiger charge is 2.30. The van der Waals surface area contributed by atoms with Gasteiger partial charge in [-0.05, 0) is 37.3 Å². The SMILES string of the molecule is C[C@H]1CCNC(=O)[C@H]1NC(=O)Nc1ccccc1N(C)C1CCCC1. The second-order valence-electron chi connectivity index (χ2n) is 7.20. The van der Waals surface area contributed by atoms with Crippen LogP contribution in [0.25, 0.3) is 0 Å². The standard InChI is InChI=1S/C19H28N4O2/c1-13-11-12-20-18(24)17(13)22-19(25)21-15-9-5-6-10-16(15)23(2)14-7-3-4-8-14/h5-6,9-10,13-14,17H,3-4,7-8,11-12H2,1-2H3,(H,20,24)(H2,21,22,25)/t13-,17-/m0/s1. The van der Waals surface area contributed by atoms with Crippen molar-refractivity contribution in [2.75, 3.05) is 23.8 Å². The summed E-state index contributed by atoms with van der Waals surface area (Å²) in [7, 11) is 2.09. The lowest BCUT2D eigenvalue weighted by molar-refractivity contribution is -0.125. The Bertz CT molecular complexity index is 628. The van der Waals surface area contributed by atoms with Crippen LogP contribution in [0.5, 0.6) is 0 Å². The summed E-state index contributed by atoms with van der Waals surface area (Å²) in [5.74, 6) is 0.0289. The summed E-state index contributed by atoms with van der Waals surface area (Å²) in [5.41, 5.74) is 1.80. The number of benzene rings is 1. The zero-order chi connectivity index (χ0) is 17.8. The van der Waals surface area contributed by atoms with Crippen LogP contribution < -0.4 is 20.9 Å². The first-order valence-electron chi connectivity index (χ1n) is 9.23. The van der Waals surface area contributed by atoms with E-state index in [1.165, 1.54) is 25.7 Å². The summed E-state index contributed by atoms with van der Waals surface area (Å²) in [6.07, 6.45) is 5.78. The van der Waals surface area contributed by atoms with Crippen molar-refractivity contribution < 1.29 is 9.59 Å². The second-order valence-corrected chi connectivity index (χ2v) is 7.20. The Labute approximate surface area is 149 Å². The lowest BCUT2D eigenvalue weighted by Gasteiger charge is -2.30. The maximum absolute atomic E-state index is 12.4. The molecule has 2 atom stereocenters. The summed E-state index contributed by atoms with van der Waals surface area (Å²) in [4.78, 5) is 26.7. The van der Waals surface area contributed by atoms with Gasteiger partial charge in [0.05, 0.1) is 11.4 Å². The first-order valence-corrected chi connectivity index (χ1v) is 9.23. The minimum Gasteiger partial charge on any atom is -0.370 e. The van der Waals surface area contributed by atoms with Gasteiger partial charge in [0, 0.05) is 19.6 Å². The van der Waals surface area contributed by atoms with Crippen LogP contribution >= 0.6 is 0 Å². The molecule has 6 heteroatoms. The fraction of sp³-hybridized carbons (Fsp3) is 0.579. The molecule has 0 unspecified atom stereocenters. The van der Waals surface area contributed by atoms with Crippen molar-refractivity contribution in [3.05, 3.63) is 24.3 Å². The van der Waals surface area contributed by atoms with Crippen molar-refractivity contribution in [2.24, 2.45) is 5.92 Å². The molecule has 25 heavy (non-hydrogen) atoms. The molecule has 6 nitrogen and oxygen atoms in total. The Morgan fingerprint density at radius 2 is 1.92 bits per heavy atom. The number of urea groups is 1. The molecule has 1 saturated heterocycles. The van der Waals surface area contributed by atoms with Crippen LogP contribution in [0.2, 0.25) is 0 Å². The molecule has 0 aromatic heterocycles. The number of anilines is 2. The molecule has 2 fully saturated rings. The second kappa shape index (κ2) is 7.76. The number of amides is 3. The number of nitrogens with zero attached hydrogens (tertiary/aromatic N) is 1. The molecule has 136 valence electrons. The average molecular weight is 344 g/mol. The van der Waals surface area contributed by atoms with Crippen LogP contribution in [-0.4, -0.2) is 37.6 Å². The highest BCUT2D eigenvalue weighted by atomic mass is 16.2. The van der Waals surface area contributed by atoms with Gasteiger partial charge in [-0.15, -0.1) is 0 Å². The van der Waals surface area contributed by atoms with Crippen molar-refractivity contribution in [3.8, 4) is 0 Å². The van der Waals surface area contributed by atoms with Crippen LogP contribution in [0, 0.1) is 5.92 Å². The Morgan fingerprint density at radius 1 is 1.20 bits per heavy atom. The lowest BCUT2D eigenvalue weighted by Crippen LogP contribution is -2.55. The van der Waals surface area contributed by atoms with Crippen LogP contribution in [0.4, 0.5) is 16.2 Å². The molecule has 1 aromatic rings. The number of rotatable bonds is 4. The lowest BCUT2D eigenvalue weighted by atomic mass is 9.94. The Morgan fingerprint density at radius 3 is 2.64 bits per heavy atom. The van der Waals surface area contributed by atoms with E-state index in [1.54, 1.807) is 0 Å². The van der Waals surface area contributed by atoms with Crippen LogP contribution in [0.3, 0.4) is 0 Å². The third kappa shape index (κ3) is 4.06. The van der Waals surface area contributed by atoms with Gasteiger partial charge in [-0.1, -0.05) is 31.9 Å². The normalized spacial score (nSPS) is 23.8. The number of carbonyl (C=O) groups is 2. The molecule has 0 bridgehead atoms. The monoisotopic (exact) mass is 344 g/mol. The van der Waals surface area contributed by atoms with E-state index in [9.17, 15) is 9.59 Å². The summed E-state index contributed by atoms with van der Waals surface area (Å²) in [5, 5.41) is 8.56. The van der Waals surface area contributed by atoms with Crippen molar-refractivity contribution >= 4 is 23.3 Å². The van der Waals surface area contributed by atoms with E-state index in [0.29, 0.717) is 12.6 Å². The molecule has 1 aliphatic heterocycles. The topological polar surface area (TPSA) is 73.5 Å². The van der Waals surface area contributed by atoms with Crippen LogP contribution in [-0.2, 0) is 4.79 Å². The molecule has 3 N–H and O–H groups in total. The maximum atomic E-state index is 12.4. The fourth-order valence-electron chi connectivity index (χ4n) is 3.84. The highest BCUT2D eigenvalue weighted by molar-refractivity contribution is 5.96. The number of carbonyl (C=O) groups excluding carboxylic acids is 2. The smallest absolute Gasteiger partial charge is 0.319 e. The van der Waals surface area contributed by atoms with Crippen LogP contribution in [0.1, 0.15) is 39.0 Å². The zero-order valence-electron chi connectivity index (χ0n) is 15.0. The minimum atomic E-state index is -0.478. The van der Waals surface area contributed by atoms with Crippen molar-refractivity contribution in [1.29, 1.82) is 0 Å². The van der Waals surface area contributed by atoms with E-state index in [-0.39, 0.29) is 17.9 Å². The fourth-order valence-corrected chi connectivity index (χ4v) is 3.84.